The van der Waals surface area contributed by atoms with Crippen LogP contribution in [0, 0.1) is 0 Å². The lowest BCUT2D eigenvalue weighted by Gasteiger charge is -2.01. The summed E-state index contributed by atoms with van der Waals surface area (Å²) in [7, 11) is 0. The van der Waals surface area contributed by atoms with Crippen LogP contribution in [-0.4, -0.2) is 33.7 Å². The summed E-state index contributed by atoms with van der Waals surface area (Å²) in [6.45, 7) is 0.313. The zero-order valence-corrected chi connectivity index (χ0v) is 7.40. The largest absolute Gasteiger partial charge is 0.409 e. The fourth-order valence-electron chi connectivity index (χ4n) is 0.832. The molecule has 0 aliphatic heterocycles. The van der Waals surface area contributed by atoms with Crippen molar-refractivity contribution in [2.45, 2.75) is 6.42 Å². The molecule has 5 N–H and O–H groups in total. The van der Waals surface area contributed by atoms with E-state index in [1.807, 2.05) is 0 Å². The number of amidine groups is 1. The summed E-state index contributed by atoms with van der Waals surface area (Å²) < 4.78 is 0. The van der Waals surface area contributed by atoms with Gasteiger partial charge in [0.25, 0.3) is 5.91 Å². The third kappa shape index (κ3) is 2.77. The molecule has 7 nitrogen and oxygen atoms in total. The van der Waals surface area contributed by atoms with Crippen LogP contribution in [-0.2, 0) is 0 Å². The summed E-state index contributed by atoms with van der Waals surface area (Å²) in [5, 5.41) is 19.7. The molecule has 1 amide bonds. The minimum absolute atomic E-state index is 0.0786. The third-order valence-corrected chi connectivity index (χ3v) is 1.54. The number of carbonyl (C=O) groups is 1. The predicted molar refractivity (Wildman–Crippen MR) is 48.9 cm³/mol. The van der Waals surface area contributed by atoms with Gasteiger partial charge < -0.3 is 16.3 Å². The van der Waals surface area contributed by atoms with Gasteiger partial charge in [0.2, 0.25) is 0 Å². The quantitative estimate of drug-likeness (QED) is 0.220. The van der Waals surface area contributed by atoms with Gasteiger partial charge in [-0.1, -0.05) is 5.16 Å². The van der Waals surface area contributed by atoms with Crippen LogP contribution in [0.15, 0.2) is 17.4 Å². The number of nitrogens with two attached hydrogens (primary N) is 1. The van der Waals surface area contributed by atoms with Crippen molar-refractivity contribution in [3.8, 4) is 0 Å². The van der Waals surface area contributed by atoms with Crippen molar-refractivity contribution in [3.05, 3.63) is 18.0 Å². The summed E-state index contributed by atoms with van der Waals surface area (Å²) in [6, 6.07) is 1.55. The lowest BCUT2D eigenvalue weighted by Crippen LogP contribution is -2.28. The van der Waals surface area contributed by atoms with Crippen molar-refractivity contribution in [2.75, 3.05) is 6.54 Å². The first kappa shape index (κ1) is 10.0. The maximum atomic E-state index is 11.3. The Hall–Kier alpha value is -2.05. The van der Waals surface area contributed by atoms with Gasteiger partial charge in [-0.2, -0.15) is 5.10 Å². The molecule has 0 saturated heterocycles. The van der Waals surface area contributed by atoms with E-state index in [4.69, 9.17) is 10.9 Å². The van der Waals surface area contributed by atoms with Crippen LogP contribution >= 0.6 is 0 Å². The minimum Gasteiger partial charge on any atom is -0.409 e. The van der Waals surface area contributed by atoms with Crippen LogP contribution in [0.4, 0.5) is 0 Å². The molecule has 0 atom stereocenters. The Labute approximate surface area is 80.0 Å². The van der Waals surface area contributed by atoms with Crippen molar-refractivity contribution in [3.63, 3.8) is 0 Å². The van der Waals surface area contributed by atoms with Gasteiger partial charge in [-0.05, 0) is 6.07 Å². The van der Waals surface area contributed by atoms with E-state index >= 15 is 0 Å². The molecule has 0 unspecified atom stereocenters. The Morgan fingerprint density at radius 1 is 1.79 bits per heavy atom. The molecular formula is C7H11N5O2. The van der Waals surface area contributed by atoms with Crippen LogP contribution in [0.25, 0.3) is 0 Å². The molecule has 0 spiro atoms. The Kier molecular flexibility index (Phi) is 3.48. The number of aromatic nitrogens is 2. The first-order chi connectivity index (χ1) is 6.74. The van der Waals surface area contributed by atoms with E-state index in [-0.39, 0.29) is 11.7 Å². The molecule has 7 heteroatoms. The summed E-state index contributed by atoms with van der Waals surface area (Å²) >= 11 is 0. The summed E-state index contributed by atoms with van der Waals surface area (Å²) in [5.74, 6) is -0.192. The molecule has 0 aliphatic carbocycles. The number of hydrogen-bond donors (Lipinski definition) is 4. The van der Waals surface area contributed by atoms with Crippen LogP contribution in [0.3, 0.4) is 0 Å². The molecule has 1 heterocycles. The van der Waals surface area contributed by atoms with Crippen LogP contribution in [0.5, 0.6) is 0 Å². The number of amides is 1. The summed E-state index contributed by atoms with van der Waals surface area (Å²) in [5.41, 5.74) is 5.59. The topological polar surface area (TPSA) is 116 Å². The fraction of sp³-hybridized carbons (Fsp3) is 0.286. The molecule has 76 valence electrons. The normalized spacial score (nSPS) is 11.3. The standard InChI is InChI=1S/C7H11N5O2/c8-6(12-14)2-3-9-7(13)5-1-4-10-11-5/h1,4,14H,2-3H2,(H2,8,12)(H,9,13)(H,10,11). The number of oxime groups is 1. The average molecular weight is 197 g/mol. The first-order valence-electron chi connectivity index (χ1n) is 3.98. The van der Waals surface area contributed by atoms with Crippen molar-refractivity contribution < 1.29 is 10.0 Å². The molecule has 0 radical (unpaired) electrons. The second-order valence-corrected chi connectivity index (χ2v) is 2.57. The molecule has 0 aromatic carbocycles. The number of nitrogens with zero attached hydrogens (tertiary/aromatic N) is 2. The average Bonchev–Trinajstić information content (AvgIpc) is 2.70. The van der Waals surface area contributed by atoms with Crippen molar-refractivity contribution in [2.24, 2.45) is 10.9 Å². The lowest BCUT2D eigenvalue weighted by molar-refractivity contribution is 0.0949. The summed E-state index contributed by atoms with van der Waals surface area (Å²) in [6.07, 6.45) is 1.79. The Balaban J connectivity index is 2.29. The van der Waals surface area contributed by atoms with Crippen molar-refractivity contribution in [1.29, 1.82) is 0 Å². The van der Waals surface area contributed by atoms with Gasteiger partial charge in [-0.3, -0.25) is 9.89 Å². The molecule has 0 aliphatic rings. The molecular weight excluding hydrogens is 186 g/mol. The number of nitrogens with one attached hydrogen (secondary N) is 2. The molecule has 1 rings (SSSR count). The number of hydrogen-bond acceptors (Lipinski definition) is 4. The van der Waals surface area contributed by atoms with Gasteiger partial charge in [-0.25, -0.2) is 0 Å². The van der Waals surface area contributed by atoms with E-state index in [1.165, 1.54) is 6.20 Å². The highest BCUT2D eigenvalue weighted by Crippen LogP contribution is 1.90. The molecule has 14 heavy (non-hydrogen) atoms. The van der Waals surface area contributed by atoms with Gasteiger partial charge in [0.1, 0.15) is 11.5 Å². The number of aromatic amines is 1. The maximum absolute atomic E-state index is 11.3. The van der Waals surface area contributed by atoms with Gasteiger partial charge in [-0.15, -0.1) is 0 Å². The number of rotatable bonds is 4. The third-order valence-electron chi connectivity index (χ3n) is 1.54. The fourth-order valence-corrected chi connectivity index (χ4v) is 0.832. The number of H-pyrrole nitrogens is 1. The van der Waals surface area contributed by atoms with Crippen molar-refractivity contribution >= 4 is 11.7 Å². The minimum atomic E-state index is -0.270. The zero-order valence-electron chi connectivity index (χ0n) is 7.40. The second-order valence-electron chi connectivity index (χ2n) is 2.57. The van der Waals surface area contributed by atoms with E-state index in [9.17, 15) is 4.79 Å². The molecule has 0 fully saturated rings. The highest BCUT2D eigenvalue weighted by atomic mass is 16.4. The highest BCUT2D eigenvalue weighted by molar-refractivity contribution is 5.92. The molecule has 0 bridgehead atoms. The second kappa shape index (κ2) is 4.85. The Bertz CT molecular complexity index is 319. The summed E-state index contributed by atoms with van der Waals surface area (Å²) in [4.78, 5) is 11.3. The monoisotopic (exact) mass is 197 g/mol. The highest BCUT2D eigenvalue weighted by Gasteiger charge is 2.05. The SMILES string of the molecule is NC(CCNC(=O)c1ccn[nH]1)=NO. The molecule has 1 aromatic heterocycles. The Morgan fingerprint density at radius 2 is 2.57 bits per heavy atom. The van der Waals surface area contributed by atoms with Crippen LogP contribution in [0.1, 0.15) is 16.9 Å². The van der Waals surface area contributed by atoms with Gasteiger partial charge in [0.05, 0.1) is 0 Å². The number of carbonyl (C=O) groups excluding carboxylic acids is 1. The van der Waals surface area contributed by atoms with E-state index in [1.54, 1.807) is 6.07 Å². The van der Waals surface area contributed by atoms with E-state index in [0.717, 1.165) is 0 Å². The first-order valence-corrected chi connectivity index (χ1v) is 3.98. The lowest BCUT2D eigenvalue weighted by atomic mass is 10.3. The predicted octanol–water partition coefficient (Wildman–Crippen LogP) is -0.724. The van der Waals surface area contributed by atoms with Gasteiger partial charge in [0.15, 0.2) is 0 Å². The molecule has 1 aromatic rings. The van der Waals surface area contributed by atoms with Crippen LogP contribution < -0.4 is 11.1 Å². The molecule has 0 saturated carbocycles. The zero-order chi connectivity index (χ0) is 10.4. The maximum Gasteiger partial charge on any atom is 0.269 e. The van der Waals surface area contributed by atoms with Gasteiger partial charge >= 0.3 is 0 Å². The van der Waals surface area contributed by atoms with E-state index in [2.05, 4.69) is 20.7 Å². The van der Waals surface area contributed by atoms with Crippen LogP contribution in [0.2, 0.25) is 0 Å². The van der Waals surface area contributed by atoms with E-state index in [0.29, 0.717) is 18.7 Å². The smallest absolute Gasteiger partial charge is 0.269 e. The Morgan fingerprint density at radius 3 is 3.14 bits per heavy atom. The van der Waals surface area contributed by atoms with Crippen molar-refractivity contribution in [1.82, 2.24) is 15.5 Å². The van der Waals surface area contributed by atoms with E-state index < -0.39 is 0 Å². The van der Waals surface area contributed by atoms with Gasteiger partial charge in [0, 0.05) is 19.2 Å².